The second kappa shape index (κ2) is 7.78. The number of benzene rings is 1. The van der Waals surface area contributed by atoms with Gasteiger partial charge in [0.2, 0.25) is 0 Å². The number of ether oxygens (including phenoxy) is 1. The highest BCUT2D eigenvalue weighted by Crippen LogP contribution is 2.32. The van der Waals surface area contributed by atoms with E-state index in [1.54, 1.807) is 10.7 Å². The van der Waals surface area contributed by atoms with Crippen molar-refractivity contribution in [3.05, 3.63) is 46.9 Å². The Morgan fingerprint density at radius 1 is 1.31 bits per heavy atom. The molecule has 1 aromatic heterocycles. The number of carbonyl (C=O) groups excluding carboxylic acids is 1. The third-order valence-electron chi connectivity index (χ3n) is 4.50. The number of nitrogens with one attached hydrogen (secondary N) is 1. The highest BCUT2D eigenvalue weighted by atomic mass is 19.4. The molecule has 1 fully saturated rings. The van der Waals surface area contributed by atoms with Gasteiger partial charge in [0.15, 0.2) is 0 Å². The normalized spacial score (nSPS) is 17.1. The van der Waals surface area contributed by atoms with Gasteiger partial charge in [-0.05, 0) is 30.4 Å². The van der Waals surface area contributed by atoms with Crippen LogP contribution in [0.4, 0.5) is 23.4 Å². The highest BCUT2D eigenvalue weighted by Gasteiger charge is 2.36. The third-order valence-corrected chi connectivity index (χ3v) is 4.50. The number of carbonyl (C=O) groups is 1. The predicted octanol–water partition coefficient (Wildman–Crippen LogP) is 4.67. The number of aromatic nitrogens is 2. The lowest BCUT2D eigenvalue weighted by atomic mass is 9.91. The molecule has 2 aromatic rings. The Bertz CT molecular complexity index is 896. The fourth-order valence-corrected chi connectivity index (χ4v) is 3.07. The molecule has 1 N–H and O–H groups in total. The summed E-state index contributed by atoms with van der Waals surface area (Å²) in [5, 5.41) is 7.00. The van der Waals surface area contributed by atoms with Crippen LogP contribution in [-0.2, 0) is 23.9 Å². The Balaban J connectivity index is 1.87. The van der Waals surface area contributed by atoms with Crippen LogP contribution < -0.4 is 5.32 Å². The molecule has 1 aliphatic heterocycles. The fraction of sp³-hybridized carbons (Fsp3) is 0.500. The maximum absolute atomic E-state index is 14.3. The van der Waals surface area contributed by atoms with Gasteiger partial charge < -0.3 is 10.1 Å². The second-order valence-corrected chi connectivity index (χ2v) is 8.34. The summed E-state index contributed by atoms with van der Waals surface area (Å²) in [5.41, 5.74) is -1.49. The van der Waals surface area contributed by atoms with Crippen LogP contribution in [0.5, 0.6) is 0 Å². The average Bonchev–Trinajstić information content (AvgIpc) is 2.89. The van der Waals surface area contributed by atoms with Gasteiger partial charge >= 0.3 is 6.18 Å². The van der Waals surface area contributed by atoms with Gasteiger partial charge in [-0.1, -0.05) is 26.8 Å². The molecule has 1 amide bonds. The summed E-state index contributed by atoms with van der Waals surface area (Å²) in [6.45, 7) is 7.16. The smallest absolute Gasteiger partial charge is 0.376 e. The molecule has 9 heteroatoms. The van der Waals surface area contributed by atoms with Crippen LogP contribution in [0.25, 0.3) is 0 Å². The number of amides is 1. The summed E-state index contributed by atoms with van der Waals surface area (Å²) in [6.07, 6.45) is -3.45. The number of nitrogens with zero attached hydrogens (tertiary/aromatic N) is 2. The highest BCUT2D eigenvalue weighted by molar-refractivity contribution is 6.04. The molecule has 2 heterocycles. The molecule has 0 radical (unpaired) electrons. The Kier molecular flexibility index (Phi) is 5.71. The summed E-state index contributed by atoms with van der Waals surface area (Å²) in [7, 11) is 0. The molecular formula is C20H23F4N3O2. The van der Waals surface area contributed by atoms with Crippen LogP contribution in [0.1, 0.15) is 48.8 Å². The number of hydrogen-bond acceptors (Lipinski definition) is 3. The first-order chi connectivity index (χ1) is 13.4. The van der Waals surface area contributed by atoms with E-state index < -0.39 is 29.0 Å². The molecule has 3 rings (SSSR count). The summed E-state index contributed by atoms with van der Waals surface area (Å²) in [4.78, 5) is 12.5. The maximum atomic E-state index is 14.3. The zero-order chi connectivity index (χ0) is 21.4. The Labute approximate surface area is 166 Å². The van der Waals surface area contributed by atoms with Crippen molar-refractivity contribution in [3.63, 3.8) is 0 Å². The van der Waals surface area contributed by atoms with E-state index in [2.05, 4.69) is 10.4 Å². The van der Waals surface area contributed by atoms with Crippen LogP contribution >= 0.6 is 0 Å². The van der Waals surface area contributed by atoms with Gasteiger partial charge in [-0.3, -0.25) is 4.79 Å². The van der Waals surface area contributed by atoms with Crippen molar-refractivity contribution in [2.75, 3.05) is 11.9 Å². The Morgan fingerprint density at radius 2 is 2.00 bits per heavy atom. The summed E-state index contributed by atoms with van der Waals surface area (Å²) >= 11 is 0. The molecule has 0 saturated carbocycles. The van der Waals surface area contributed by atoms with Crippen molar-refractivity contribution in [2.45, 2.75) is 52.4 Å². The van der Waals surface area contributed by atoms with Gasteiger partial charge in [0.1, 0.15) is 11.6 Å². The number of rotatable bonds is 5. The first-order valence-electron chi connectivity index (χ1n) is 9.29. The van der Waals surface area contributed by atoms with Crippen molar-refractivity contribution in [2.24, 2.45) is 5.41 Å². The molecule has 158 valence electrons. The minimum Gasteiger partial charge on any atom is -0.376 e. The number of hydrogen-bond donors (Lipinski definition) is 1. The van der Waals surface area contributed by atoms with Crippen molar-refractivity contribution >= 4 is 11.7 Å². The van der Waals surface area contributed by atoms with E-state index in [1.807, 2.05) is 20.8 Å². The molecule has 1 aromatic carbocycles. The van der Waals surface area contributed by atoms with Crippen molar-refractivity contribution < 1.29 is 27.1 Å². The molecule has 1 saturated heterocycles. The molecule has 1 aliphatic rings. The molecule has 0 spiro atoms. The minimum absolute atomic E-state index is 0.0432. The fourth-order valence-electron chi connectivity index (χ4n) is 3.07. The van der Waals surface area contributed by atoms with Crippen LogP contribution in [0.3, 0.4) is 0 Å². The molecule has 1 atom stereocenters. The van der Waals surface area contributed by atoms with Gasteiger partial charge in [-0.15, -0.1) is 0 Å². The monoisotopic (exact) mass is 413 g/mol. The molecule has 29 heavy (non-hydrogen) atoms. The first kappa shape index (κ1) is 21.3. The third kappa shape index (κ3) is 5.14. The SMILES string of the molecule is CC(C)(C)Cc1cc(NC(=O)c2cccc(C(F)(F)F)c2F)n(CC2CCO2)n1. The lowest BCUT2D eigenvalue weighted by Crippen LogP contribution is -2.32. The number of anilines is 1. The largest absolute Gasteiger partial charge is 0.419 e. The van der Waals surface area contributed by atoms with Gasteiger partial charge in [0.05, 0.1) is 29.5 Å². The molecule has 0 aliphatic carbocycles. The van der Waals surface area contributed by atoms with E-state index in [1.165, 1.54) is 0 Å². The summed E-state index contributed by atoms with van der Waals surface area (Å²) in [5.74, 6) is -2.27. The zero-order valence-electron chi connectivity index (χ0n) is 16.4. The summed E-state index contributed by atoms with van der Waals surface area (Å²) in [6, 6.07) is 4.29. The van der Waals surface area contributed by atoms with E-state index >= 15 is 0 Å². The lowest BCUT2D eigenvalue weighted by molar-refractivity contribution is -0.140. The molecule has 1 unspecified atom stereocenters. The summed E-state index contributed by atoms with van der Waals surface area (Å²) < 4.78 is 60.1. The van der Waals surface area contributed by atoms with E-state index in [0.29, 0.717) is 31.5 Å². The van der Waals surface area contributed by atoms with Crippen LogP contribution in [0, 0.1) is 11.2 Å². The lowest BCUT2D eigenvalue weighted by Gasteiger charge is -2.26. The van der Waals surface area contributed by atoms with Crippen molar-refractivity contribution in [1.82, 2.24) is 9.78 Å². The van der Waals surface area contributed by atoms with Gasteiger partial charge in [0, 0.05) is 12.7 Å². The van der Waals surface area contributed by atoms with Crippen LogP contribution in [0.2, 0.25) is 0 Å². The quantitative estimate of drug-likeness (QED) is 0.725. The van der Waals surface area contributed by atoms with Crippen molar-refractivity contribution in [1.29, 1.82) is 0 Å². The predicted molar refractivity (Wildman–Crippen MR) is 99.1 cm³/mol. The zero-order valence-corrected chi connectivity index (χ0v) is 16.4. The van der Waals surface area contributed by atoms with Gasteiger partial charge in [-0.2, -0.15) is 18.3 Å². The molecule has 5 nitrogen and oxygen atoms in total. The van der Waals surface area contributed by atoms with Gasteiger partial charge in [-0.25, -0.2) is 9.07 Å². The minimum atomic E-state index is -4.89. The first-order valence-corrected chi connectivity index (χ1v) is 9.29. The molecule has 0 bridgehead atoms. The van der Waals surface area contributed by atoms with E-state index in [4.69, 9.17) is 4.74 Å². The van der Waals surface area contributed by atoms with Crippen LogP contribution in [0.15, 0.2) is 24.3 Å². The number of alkyl halides is 3. The van der Waals surface area contributed by atoms with E-state index in [0.717, 1.165) is 24.2 Å². The maximum Gasteiger partial charge on any atom is 0.419 e. The van der Waals surface area contributed by atoms with E-state index in [-0.39, 0.29) is 11.5 Å². The van der Waals surface area contributed by atoms with Crippen LogP contribution in [-0.4, -0.2) is 28.4 Å². The topological polar surface area (TPSA) is 56.2 Å². The number of halogens is 4. The standard InChI is InChI=1S/C20H23F4N3O2/c1-19(2,3)10-12-9-16(27(26-12)11-13-7-8-29-13)25-18(28)14-5-4-6-15(17(14)21)20(22,23)24/h4-6,9,13H,7-8,10-11H2,1-3H3,(H,25,28). The Morgan fingerprint density at radius 3 is 2.55 bits per heavy atom. The average molecular weight is 413 g/mol. The second-order valence-electron chi connectivity index (χ2n) is 8.34. The van der Waals surface area contributed by atoms with E-state index in [9.17, 15) is 22.4 Å². The Hall–Kier alpha value is -2.42. The molecular weight excluding hydrogens is 390 g/mol. The van der Waals surface area contributed by atoms with Crippen molar-refractivity contribution in [3.8, 4) is 0 Å². The van der Waals surface area contributed by atoms with Gasteiger partial charge in [0.25, 0.3) is 5.91 Å².